The van der Waals surface area contributed by atoms with E-state index in [2.05, 4.69) is 0 Å². The number of likely N-dealkylation sites (tertiary alicyclic amines) is 1. The molecule has 0 aromatic heterocycles. The van der Waals surface area contributed by atoms with Crippen molar-refractivity contribution in [2.45, 2.75) is 56.7 Å². The summed E-state index contributed by atoms with van der Waals surface area (Å²) in [4.78, 5) is 14.3. The summed E-state index contributed by atoms with van der Waals surface area (Å²) < 4.78 is 38.8. The van der Waals surface area contributed by atoms with E-state index >= 15 is 0 Å². The number of alkyl halides is 3. The van der Waals surface area contributed by atoms with Gasteiger partial charge in [-0.2, -0.15) is 13.2 Å². The molecule has 1 atom stereocenters. The van der Waals surface area contributed by atoms with E-state index < -0.39 is 17.3 Å². The van der Waals surface area contributed by atoms with Gasteiger partial charge in [0, 0.05) is 24.4 Å². The zero-order valence-electron chi connectivity index (χ0n) is 14.9. The van der Waals surface area contributed by atoms with Gasteiger partial charge in [-0.1, -0.05) is 18.2 Å². The Kier molecular flexibility index (Phi) is 3.92. The highest BCUT2D eigenvalue weighted by atomic mass is 19.4. The van der Waals surface area contributed by atoms with Crippen molar-refractivity contribution in [2.75, 3.05) is 13.1 Å². The summed E-state index contributed by atoms with van der Waals surface area (Å²) in [5.74, 6) is 0.201. The van der Waals surface area contributed by atoms with E-state index in [-0.39, 0.29) is 23.2 Å². The van der Waals surface area contributed by atoms with Gasteiger partial charge in [0.25, 0.3) is 0 Å². The van der Waals surface area contributed by atoms with Crippen molar-refractivity contribution in [1.29, 1.82) is 0 Å². The Morgan fingerprint density at radius 3 is 2.54 bits per heavy atom. The molecule has 1 heterocycles. The summed E-state index contributed by atoms with van der Waals surface area (Å²) in [6, 6.07) is 5.67. The highest BCUT2D eigenvalue weighted by molar-refractivity contribution is 5.81. The van der Waals surface area contributed by atoms with E-state index in [4.69, 9.17) is 0 Å². The van der Waals surface area contributed by atoms with E-state index in [9.17, 15) is 23.1 Å². The molecule has 0 unspecified atom stereocenters. The van der Waals surface area contributed by atoms with E-state index in [0.717, 1.165) is 30.9 Å². The quantitative estimate of drug-likeness (QED) is 0.860. The van der Waals surface area contributed by atoms with Gasteiger partial charge >= 0.3 is 6.18 Å². The fraction of sp³-hybridized carbons (Fsp3) is 0.650. The Morgan fingerprint density at radius 2 is 1.92 bits per heavy atom. The number of hydrogen-bond acceptors (Lipinski definition) is 2. The lowest BCUT2D eigenvalue weighted by Crippen LogP contribution is -2.61. The smallest absolute Gasteiger partial charge is 0.390 e. The first-order chi connectivity index (χ1) is 12.1. The summed E-state index contributed by atoms with van der Waals surface area (Å²) in [7, 11) is 0. The molecule has 1 amide bonds. The number of rotatable bonds is 2. The van der Waals surface area contributed by atoms with Gasteiger partial charge in [0.2, 0.25) is 5.91 Å². The number of benzene rings is 1. The molecule has 142 valence electrons. The summed E-state index contributed by atoms with van der Waals surface area (Å²) in [5, 5.41) is 9.80. The highest BCUT2D eigenvalue weighted by Gasteiger charge is 2.53. The van der Waals surface area contributed by atoms with Crippen LogP contribution in [-0.4, -0.2) is 34.6 Å². The molecule has 4 rings (SSSR count). The monoisotopic (exact) mass is 367 g/mol. The predicted molar refractivity (Wildman–Crippen MR) is 90.4 cm³/mol. The van der Waals surface area contributed by atoms with Gasteiger partial charge in [0.15, 0.2) is 0 Å². The lowest BCUT2D eigenvalue weighted by Gasteiger charge is -2.52. The minimum atomic E-state index is -4.31. The fourth-order valence-electron chi connectivity index (χ4n) is 5.10. The largest absolute Gasteiger partial charge is 0.416 e. The third kappa shape index (κ3) is 3.13. The predicted octanol–water partition coefficient (Wildman–Crippen LogP) is 3.96. The lowest BCUT2D eigenvalue weighted by atomic mass is 9.69. The number of carbonyl (C=O) groups is 1. The first-order valence-electron chi connectivity index (χ1n) is 9.25. The minimum Gasteiger partial charge on any atom is -0.390 e. The molecule has 1 saturated heterocycles. The molecule has 1 aliphatic heterocycles. The zero-order chi connectivity index (χ0) is 18.7. The van der Waals surface area contributed by atoms with Crippen LogP contribution < -0.4 is 0 Å². The van der Waals surface area contributed by atoms with E-state index in [0.29, 0.717) is 25.9 Å². The van der Waals surface area contributed by atoms with Crippen molar-refractivity contribution in [2.24, 2.45) is 11.3 Å². The molecule has 3 fully saturated rings. The summed E-state index contributed by atoms with van der Waals surface area (Å²) in [6.07, 6.45) is -0.567. The van der Waals surface area contributed by atoms with Gasteiger partial charge in [-0.25, -0.2) is 0 Å². The molecule has 1 aromatic rings. The molecule has 2 aliphatic carbocycles. The first kappa shape index (κ1) is 17.8. The van der Waals surface area contributed by atoms with Crippen LogP contribution in [0.15, 0.2) is 24.3 Å². The molecule has 0 bridgehead atoms. The topological polar surface area (TPSA) is 40.5 Å². The zero-order valence-corrected chi connectivity index (χ0v) is 14.9. The van der Waals surface area contributed by atoms with Crippen LogP contribution in [-0.2, 0) is 11.0 Å². The van der Waals surface area contributed by atoms with Gasteiger partial charge in [-0.3, -0.25) is 4.79 Å². The van der Waals surface area contributed by atoms with E-state index in [1.54, 1.807) is 13.0 Å². The van der Waals surface area contributed by atoms with Gasteiger partial charge in [0.1, 0.15) is 0 Å². The third-order valence-corrected chi connectivity index (χ3v) is 6.47. The second-order valence-electron chi connectivity index (χ2n) is 8.86. The van der Waals surface area contributed by atoms with Crippen molar-refractivity contribution >= 4 is 5.91 Å². The van der Waals surface area contributed by atoms with Crippen molar-refractivity contribution < 1.29 is 23.1 Å². The molecule has 3 nitrogen and oxygen atoms in total. The standard InChI is InChI=1S/C20H24F3NO2/c1-18(26)8-15(9-18)17(25)24-11-19(12-24)6-5-14(10-19)13-3-2-4-16(7-13)20(21,22)23/h2-4,7,14-15,26H,5-6,8-12H2,1H3/t14-,15-,18+/m1/s1. The van der Waals surface area contributed by atoms with Gasteiger partial charge in [-0.15, -0.1) is 0 Å². The van der Waals surface area contributed by atoms with Crippen molar-refractivity contribution in [3.05, 3.63) is 35.4 Å². The number of aliphatic hydroxyl groups is 1. The molecule has 1 spiro atoms. The number of hydrogen-bond donors (Lipinski definition) is 1. The lowest BCUT2D eigenvalue weighted by molar-refractivity contribution is -0.161. The molecule has 26 heavy (non-hydrogen) atoms. The molecular formula is C20H24F3NO2. The summed E-state index contributed by atoms with van der Waals surface area (Å²) in [6.45, 7) is 3.17. The van der Waals surface area contributed by atoms with Crippen LogP contribution >= 0.6 is 0 Å². The molecular weight excluding hydrogens is 343 g/mol. The molecule has 1 N–H and O–H groups in total. The highest BCUT2D eigenvalue weighted by Crippen LogP contribution is 2.53. The Bertz CT molecular complexity index is 714. The van der Waals surface area contributed by atoms with Crippen LogP contribution in [0.25, 0.3) is 0 Å². The van der Waals surface area contributed by atoms with Crippen LogP contribution in [0, 0.1) is 11.3 Å². The molecule has 6 heteroatoms. The van der Waals surface area contributed by atoms with Crippen LogP contribution in [0.3, 0.4) is 0 Å². The number of halogens is 3. The fourth-order valence-corrected chi connectivity index (χ4v) is 5.10. The molecule has 1 aromatic carbocycles. The SMILES string of the molecule is C[C@]1(O)C[C@@H](C(=O)N2CC3(CC[C@@H](c4cccc(C(F)(F)F)c4)C3)C2)C1. The van der Waals surface area contributed by atoms with Gasteiger partial charge < -0.3 is 10.0 Å². The second kappa shape index (κ2) is 5.72. The second-order valence-corrected chi connectivity index (χ2v) is 8.86. The molecule has 0 radical (unpaired) electrons. The number of nitrogens with zero attached hydrogens (tertiary/aromatic N) is 1. The minimum absolute atomic E-state index is 0.0667. The normalized spacial score (nSPS) is 33.0. The van der Waals surface area contributed by atoms with Crippen LogP contribution in [0.1, 0.15) is 56.1 Å². The average Bonchev–Trinajstić information content (AvgIpc) is 2.95. The Morgan fingerprint density at radius 1 is 1.23 bits per heavy atom. The molecule has 2 saturated carbocycles. The molecule has 3 aliphatic rings. The van der Waals surface area contributed by atoms with E-state index in [1.165, 1.54) is 12.1 Å². The Hall–Kier alpha value is -1.56. The summed E-state index contributed by atoms with van der Waals surface area (Å²) in [5.41, 5.74) is -0.457. The van der Waals surface area contributed by atoms with Gasteiger partial charge in [0.05, 0.1) is 11.2 Å². The Labute approximate surface area is 151 Å². The van der Waals surface area contributed by atoms with Crippen molar-refractivity contribution in [3.8, 4) is 0 Å². The maximum absolute atomic E-state index is 12.9. The van der Waals surface area contributed by atoms with Crippen LogP contribution in [0.5, 0.6) is 0 Å². The first-order valence-corrected chi connectivity index (χ1v) is 9.25. The Balaban J connectivity index is 1.36. The van der Waals surface area contributed by atoms with Gasteiger partial charge in [-0.05, 0) is 56.6 Å². The number of amides is 1. The van der Waals surface area contributed by atoms with E-state index in [1.807, 2.05) is 4.90 Å². The van der Waals surface area contributed by atoms with Crippen molar-refractivity contribution in [3.63, 3.8) is 0 Å². The van der Waals surface area contributed by atoms with Crippen LogP contribution in [0.2, 0.25) is 0 Å². The maximum Gasteiger partial charge on any atom is 0.416 e. The maximum atomic E-state index is 12.9. The number of carbonyl (C=O) groups excluding carboxylic acids is 1. The van der Waals surface area contributed by atoms with Crippen LogP contribution in [0.4, 0.5) is 13.2 Å². The average molecular weight is 367 g/mol. The van der Waals surface area contributed by atoms with Crippen molar-refractivity contribution in [1.82, 2.24) is 4.90 Å². The third-order valence-electron chi connectivity index (χ3n) is 6.47. The summed E-state index contributed by atoms with van der Waals surface area (Å²) >= 11 is 0.